The van der Waals surface area contributed by atoms with Crippen molar-refractivity contribution in [1.29, 1.82) is 0 Å². The average Bonchev–Trinajstić information content (AvgIpc) is 0.947. The van der Waals surface area contributed by atoms with E-state index in [1.807, 2.05) is 12.1 Å². The van der Waals surface area contributed by atoms with Crippen LogP contribution in [0, 0.1) is 0 Å². The zero-order valence-corrected chi connectivity index (χ0v) is 67.2. The molecular formula is C84H142BaO6S2. The van der Waals surface area contributed by atoms with E-state index in [2.05, 4.69) is 52.0 Å². The molecule has 0 aromatic heterocycles. The first-order valence-electron chi connectivity index (χ1n) is 39.9. The molecule has 0 saturated carbocycles. The second-order valence-electron chi connectivity index (χ2n) is 28.5. The molecule has 6 nitrogen and oxygen atoms in total. The van der Waals surface area contributed by atoms with Gasteiger partial charge in [0, 0.05) is 0 Å². The van der Waals surface area contributed by atoms with Crippen LogP contribution >= 0.6 is 0 Å². The molecule has 4 rings (SSSR count). The van der Waals surface area contributed by atoms with Crippen LogP contribution in [0.5, 0.6) is 0 Å². The zero-order valence-electron chi connectivity index (χ0n) is 61.2. The number of fused-ring (bicyclic) bond motifs is 2. The fraction of sp³-hybridized carbons (Fsp3) is 0.762. The second-order valence-corrected chi connectivity index (χ2v) is 31.2. The molecular weight excluding hydrogens is 1310 g/mol. The van der Waals surface area contributed by atoms with Gasteiger partial charge in [-0.3, -0.25) is 0 Å². The van der Waals surface area contributed by atoms with Crippen molar-refractivity contribution in [1.82, 2.24) is 0 Å². The van der Waals surface area contributed by atoms with Crippen molar-refractivity contribution in [2.24, 2.45) is 0 Å². The molecule has 9 heteroatoms. The van der Waals surface area contributed by atoms with Gasteiger partial charge >= 0.3 is 48.9 Å². The third-order valence-electron chi connectivity index (χ3n) is 20.1. The van der Waals surface area contributed by atoms with Crippen molar-refractivity contribution in [2.75, 3.05) is 0 Å². The van der Waals surface area contributed by atoms with Gasteiger partial charge in [0.1, 0.15) is 20.2 Å². The molecule has 0 fully saturated rings. The summed E-state index contributed by atoms with van der Waals surface area (Å²) in [6.45, 7) is 9.13. The summed E-state index contributed by atoms with van der Waals surface area (Å²) >= 11 is 0. The van der Waals surface area contributed by atoms with Crippen molar-refractivity contribution >= 4 is 90.7 Å². The van der Waals surface area contributed by atoms with Crippen LogP contribution in [-0.4, -0.2) is 74.8 Å². The summed E-state index contributed by atoms with van der Waals surface area (Å²) in [6.07, 6.45) is 79.7. The van der Waals surface area contributed by atoms with Gasteiger partial charge in [0.25, 0.3) is 0 Å². The minimum absolute atomic E-state index is 0. The Morgan fingerprint density at radius 2 is 0.409 bits per heavy atom. The van der Waals surface area contributed by atoms with Gasteiger partial charge in [0.05, 0.1) is 9.79 Å². The Kier molecular flexibility index (Phi) is 56.4. The Morgan fingerprint density at radius 1 is 0.237 bits per heavy atom. The first kappa shape index (κ1) is 87.9. The number of hydrogen-bond acceptors (Lipinski definition) is 6. The van der Waals surface area contributed by atoms with E-state index in [0.717, 1.165) is 60.1 Å². The predicted molar refractivity (Wildman–Crippen MR) is 406 cm³/mol. The van der Waals surface area contributed by atoms with Crippen LogP contribution in [0.25, 0.3) is 21.5 Å². The maximum Gasteiger partial charge on any atom is 2.00 e. The number of hydrogen-bond donors (Lipinski definition) is 0. The summed E-state index contributed by atoms with van der Waals surface area (Å²) in [5.74, 6) is 0. The molecule has 0 aliphatic carbocycles. The molecule has 0 atom stereocenters. The average molecular weight is 1450 g/mol. The van der Waals surface area contributed by atoms with Crippen molar-refractivity contribution < 1.29 is 25.9 Å². The Labute approximate surface area is 616 Å². The number of aryl methyl sites for hydroxylation is 4. The van der Waals surface area contributed by atoms with E-state index in [0.29, 0.717) is 0 Å². The van der Waals surface area contributed by atoms with Crippen LogP contribution in [0.1, 0.15) is 410 Å². The van der Waals surface area contributed by atoms with Gasteiger partial charge in [-0.1, -0.05) is 398 Å². The molecule has 0 unspecified atom stereocenters. The first-order valence-corrected chi connectivity index (χ1v) is 42.8. The maximum absolute atomic E-state index is 11.8. The van der Waals surface area contributed by atoms with Gasteiger partial charge < -0.3 is 9.11 Å². The number of benzene rings is 4. The Hall–Kier alpha value is -1.21. The van der Waals surface area contributed by atoms with Gasteiger partial charge in [-0.15, -0.1) is 0 Å². The molecule has 0 amide bonds. The molecule has 0 N–H and O–H groups in total. The van der Waals surface area contributed by atoms with Crippen molar-refractivity contribution in [2.45, 2.75) is 423 Å². The molecule has 0 saturated heterocycles. The molecule has 528 valence electrons. The molecule has 4 aromatic rings. The van der Waals surface area contributed by atoms with Crippen LogP contribution in [0.4, 0.5) is 0 Å². The Balaban J connectivity index is 0.000000627. The minimum atomic E-state index is -4.47. The van der Waals surface area contributed by atoms with Crippen molar-refractivity contribution in [3.8, 4) is 0 Å². The first-order chi connectivity index (χ1) is 44.9. The molecule has 0 radical (unpaired) electrons. The van der Waals surface area contributed by atoms with Crippen LogP contribution in [0.2, 0.25) is 0 Å². The van der Waals surface area contributed by atoms with Gasteiger partial charge in [-0.05, 0) is 119 Å². The standard InChI is InChI=1S/2C42H72O3S.Ba/c2*1-3-5-7-9-11-13-15-17-19-21-23-25-27-29-31-38-33-34-39-35-36-40(46(43,44)45)37-42(39)41(38)32-30-28-26-24-22-20-18-16-14-12-10-8-6-4-2;/h2*33-37H,3-32H2,1-2H3,(H,43,44,45);/q;;+2/p-2. The molecule has 0 heterocycles. The Morgan fingerprint density at radius 3 is 0.602 bits per heavy atom. The third-order valence-corrected chi connectivity index (χ3v) is 21.8. The topological polar surface area (TPSA) is 114 Å². The van der Waals surface area contributed by atoms with Crippen LogP contribution in [0.15, 0.2) is 70.5 Å². The summed E-state index contributed by atoms with van der Waals surface area (Å²) in [6, 6.07) is 18.6. The largest absolute Gasteiger partial charge is 2.00 e. The number of rotatable bonds is 62. The van der Waals surface area contributed by atoms with Crippen LogP contribution in [-0.2, 0) is 45.9 Å². The zero-order chi connectivity index (χ0) is 66.3. The molecule has 0 spiro atoms. The third kappa shape index (κ3) is 44.5. The summed E-state index contributed by atoms with van der Waals surface area (Å²) in [4.78, 5) is -0.202. The van der Waals surface area contributed by atoms with Crippen LogP contribution in [0.3, 0.4) is 0 Å². The molecule has 0 aliphatic rings. The van der Waals surface area contributed by atoms with E-state index in [1.165, 1.54) is 381 Å². The monoisotopic (exact) mass is 1450 g/mol. The fourth-order valence-electron chi connectivity index (χ4n) is 14.2. The quantitative estimate of drug-likeness (QED) is 0.0247. The maximum atomic E-state index is 11.8. The van der Waals surface area contributed by atoms with Crippen molar-refractivity contribution in [3.63, 3.8) is 0 Å². The molecule has 4 aromatic carbocycles. The van der Waals surface area contributed by atoms with Gasteiger partial charge in [0.15, 0.2) is 0 Å². The summed E-state index contributed by atoms with van der Waals surface area (Å²) in [7, 11) is -8.93. The summed E-state index contributed by atoms with van der Waals surface area (Å²) in [5, 5.41) is 4.01. The molecule has 93 heavy (non-hydrogen) atoms. The number of unbranched alkanes of at least 4 members (excludes halogenated alkanes) is 52. The van der Waals surface area contributed by atoms with Gasteiger partial charge in [-0.2, -0.15) is 0 Å². The predicted octanol–water partition coefficient (Wildman–Crippen LogP) is 27.2. The SMILES string of the molecule is CCCCCCCCCCCCCCCCc1ccc2ccc(S(=O)(=O)[O-])cc2c1CCCCCCCCCCCCCCCC.CCCCCCCCCCCCCCCCc1ccc2ccc(S(=O)(=O)[O-])cc2c1CCCCCCCCCCCCCCCC.[Ba+2]. The van der Waals surface area contributed by atoms with E-state index < -0.39 is 20.2 Å². The normalized spacial score (nSPS) is 11.8. The second kappa shape index (κ2) is 59.6. The summed E-state index contributed by atoms with van der Waals surface area (Å²) < 4.78 is 71.0. The van der Waals surface area contributed by atoms with Crippen LogP contribution < -0.4 is 0 Å². The van der Waals surface area contributed by atoms with Gasteiger partial charge in [0.2, 0.25) is 0 Å². The summed E-state index contributed by atoms with van der Waals surface area (Å²) in [5.41, 5.74) is 5.25. The van der Waals surface area contributed by atoms with E-state index in [9.17, 15) is 25.9 Å². The van der Waals surface area contributed by atoms with Gasteiger partial charge in [-0.25, -0.2) is 16.8 Å². The van der Waals surface area contributed by atoms with Crippen molar-refractivity contribution in [3.05, 3.63) is 82.9 Å². The fourth-order valence-corrected chi connectivity index (χ4v) is 15.2. The van der Waals surface area contributed by atoms with E-state index >= 15 is 0 Å². The van der Waals surface area contributed by atoms with E-state index in [1.54, 1.807) is 12.1 Å². The Bertz CT molecular complexity index is 2430. The van der Waals surface area contributed by atoms with E-state index in [4.69, 9.17) is 0 Å². The molecule has 0 bridgehead atoms. The molecule has 0 aliphatic heterocycles. The minimum Gasteiger partial charge on any atom is -0.744 e. The van der Waals surface area contributed by atoms with E-state index in [-0.39, 0.29) is 58.7 Å². The smallest absolute Gasteiger partial charge is 0.744 e.